The van der Waals surface area contributed by atoms with E-state index in [1.165, 1.54) is 25.3 Å². The molecule has 0 fully saturated rings. The summed E-state index contributed by atoms with van der Waals surface area (Å²) in [7, 11) is -4.53. The van der Waals surface area contributed by atoms with Crippen molar-refractivity contribution >= 4 is 20.9 Å². The summed E-state index contributed by atoms with van der Waals surface area (Å²) in [4.78, 5) is -0.285. The molecular formula is C17H15F4N3O2S. The number of alkyl halides is 3. The Morgan fingerprint density at radius 1 is 1.15 bits per heavy atom. The highest BCUT2D eigenvalue weighted by atomic mass is 32.2. The van der Waals surface area contributed by atoms with Crippen molar-refractivity contribution < 1.29 is 26.0 Å². The summed E-state index contributed by atoms with van der Waals surface area (Å²) in [6.07, 6.45) is -3.65. The fourth-order valence-corrected chi connectivity index (χ4v) is 4.75. The van der Waals surface area contributed by atoms with Gasteiger partial charge in [-0.15, -0.1) is 0 Å². The Morgan fingerprint density at radius 3 is 2.41 bits per heavy atom. The van der Waals surface area contributed by atoms with Gasteiger partial charge in [0.1, 0.15) is 11.9 Å². The zero-order chi connectivity index (χ0) is 19.8. The number of H-pyrrole nitrogens is 1. The van der Waals surface area contributed by atoms with Gasteiger partial charge in [-0.2, -0.15) is 22.6 Å². The maximum atomic E-state index is 13.8. The van der Waals surface area contributed by atoms with Crippen molar-refractivity contribution in [3.63, 3.8) is 0 Å². The lowest BCUT2D eigenvalue weighted by Crippen LogP contribution is -2.42. The number of hydrogen-bond acceptors (Lipinski definition) is 3. The van der Waals surface area contributed by atoms with E-state index in [1.54, 1.807) is 6.07 Å². The molecule has 10 heteroatoms. The zero-order valence-corrected chi connectivity index (χ0v) is 14.9. The standard InChI is InChI=1S/C17H15F4N3O2S/c1-2-24(16(17(19,20)21)11-6-8-12(18)9-7-11)27(25,26)15-5-3-4-14-13(15)10-22-23-14/h3-10,16H,2H2,1H3,(H,22,23)/t16-/m1/s1. The number of aromatic nitrogens is 2. The molecular weight excluding hydrogens is 386 g/mol. The summed E-state index contributed by atoms with van der Waals surface area (Å²) in [5.41, 5.74) is 0.0196. The Hall–Kier alpha value is -2.46. The number of hydrogen-bond donors (Lipinski definition) is 1. The number of aromatic amines is 1. The van der Waals surface area contributed by atoms with Crippen molar-refractivity contribution in [1.82, 2.24) is 14.5 Å². The number of rotatable bonds is 5. The summed E-state index contributed by atoms with van der Waals surface area (Å²) < 4.78 is 81.2. The molecule has 1 atom stereocenters. The molecule has 1 aromatic heterocycles. The number of benzene rings is 2. The van der Waals surface area contributed by atoms with Crippen molar-refractivity contribution in [3.8, 4) is 0 Å². The van der Waals surface area contributed by atoms with Gasteiger partial charge in [-0.25, -0.2) is 12.8 Å². The highest BCUT2D eigenvalue weighted by Crippen LogP contribution is 2.41. The van der Waals surface area contributed by atoms with Crippen molar-refractivity contribution in [3.05, 3.63) is 60.0 Å². The third kappa shape index (κ3) is 3.54. The first-order valence-corrected chi connectivity index (χ1v) is 9.36. The average molecular weight is 401 g/mol. The number of sulfonamides is 1. The van der Waals surface area contributed by atoms with Crippen LogP contribution in [-0.4, -0.2) is 35.6 Å². The van der Waals surface area contributed by atoms with Crippen LogP contribution in [-0.2, 0) is 10.0 Å². The maximum absolute atomic E-state index is 13.8. The second kappa shape index (κ2) is 6.93. The molecule has 2 aromatic carbocycles. The minimum absolute atomic E-state index is 0.191. The maximum Gasteiger partial charge on any atom is 0.409 e. The van der Waals surface area contributed by atoms with E-state index in [1.807, 2.05) is 0 Å². The van der Waals surface area contributed by atoms with E-state index in [0.29, 0.717) is 9.82 Å². The highest BCUT2D eigenvalue weighted by molar-refractivity contribution is 7.89. The largest absolute Gasteiger partial charge is 0.409 e. The van der Waals surface area contributed by atoms with Crippen molar-refractivity contribution in [2.24, 2.45) is 0 Å². The number of nitrogens with one attached hydrogen (secondary N) is 1. The number of fused-ring (bicyclic) bond motifs is 1. The van der Waals surface area contributed by atoms with Crippen molar-refractivity contribution in [2.75, 3.05) is 6.54 Å². The fourth-order valence-electron chi connectivity index (χ4n) is 2.95. The molecule has 0 saturated heterocycles. The van der Waals surface area contributed by atoms with Crippen LogP contribution in [0.3, 0.4) is 0 Å². The van der Waals surface area contributed by atoms with Crippen LogP contribution in [0.4, 0.5) is 17.6 Å². The van der Waals surface area contributed by atoms with Crippen molar-refractivity contribution in [2.45, 2.75) is 24.0 Å². The topological polar surface area (TPSA) is 66.1 Å². The van der Waals surface area contributed by atoms with Gasteiger partial charge in [-0.05, 0) is 29.8 Å². The molecule has 3 aromatic rings. The van der Waals surface area contributed by atoms with E-state index in [4.69, 9.17) is 0 Å². The molecule has 0 aliphatic carbocycles. The van der Waals surface area contributed by atoms with E-state index in [0.717, 1.165) is 24.3 Å². The van der Waals surface area contributed by atoms with Gasteiger partial charge >= 0.3 is 6.18 Å². The minimum Gasteiger partial charge on any atom is -0.278 e. The molecule has 0 aliphatic heterocycles. The van der Waals surface area contributed by atoms with E-state index in [-0.39, 0.29) is 15.8 Å². The lowest BCUT2D eigenvalue weighted by molar-refractivity contribution is -0.173. The second-order valence-corrected chi connectivity index (χ2v) is 7.65. The smallest absolute Gasteiger partial charge is 0.278 e. The van der Waals surface area contributed by atoms with E-state index in [2.05, 4.69) is 10.2 Å². The summed E-state index contributed by atoms with van der Waals surface area (Å²) in [6, 6.07) is 5.37. The van der Waals surface area contributed by atoms with Crippen LogP contribution in [0.15, 0.2) is 53.6 Å². The molecule has 0 aliphatic rings. The monoisotopic (exact) mass is 401 g/mol. The number of nitrogens with zero attached hydrogens (tertiary/aromatic N) is 2. The molecule has 0 bridgehead atoms. The predicted octanol–water partition coefficient (Wildman–Crippen LogP) is 4.02. The number of halogens is 4. The summed E-state index contributed by atoms with van der Waals surface area (Å²) in [6.45, 7) is 0.882. The Kier molecular flexibility index (Phi) is 4.96. The molecule has 1 N–H and O–H groups in total. The molecule has 27 heavy (non-hydrogen) atoms. The van der Waals surface area contributed by atoms with E-state index < -0.39 is 34.6 Å². The molecule has 0 spiro atoms. The van der Waals surface area contributed by atoms with Crippen LogP contribution in [0.25, 0.3) is 10.9 Å². The molecule has 0 saturated carbocycles. The molecule has 0 amide bonds. The highest BCUT2D eigenvalue weighted by Gasteiger charge is 2.49. The minimum atomic E-state index is -4.90. The quantitative estimate of drug-likeness (QED) is 0.657. The Balaban J connectivity index is 2.17. The first-order chi connectivity index (χ1) is 12.7. The molecule has 0 radical (unpaired) electrons. The van der Waals surface area contributed by atoms with Gasteiger partial charge < -0.3 is 0 Å². The third-order valence-corrected chi connectivity index (χ3v) is 6.13. The SMILES string of the molecule is CCN([C@H](c1ccc(F)cc1)C(F)(F)F)S(=O)(=O)c1cccc2[nH]ncc12. The summed E-state index contributed by atoms with van der Waals surface area (Å²) in [5.74, 6) is -0.714. The third-order valence-electron chi connectivity index (χ3n) is 4.13. The van der Waals surface area contributed by atoms with Gasteiger partial charge in [0.05, 0.1) is 16.6 Å². The predicted molar refractivity (Wildman–Crippen MR) is 90.9 cm³/mol. The molecule has 5 nitrogen and oxygen atoms in total. The Bertz CT molecular complexity index is 1050. The molecule has 1 heterocycles. The van der Waals surface area contributed by atoms with Gasteiger partial charge in [-0.3, -0.25) is 5.10 Å². The van der Waals surface area contributed by atoms with Crippen LogP contribution in [0, 0.1) is 5.82 Å². The average Bonchev–Trinajstić information content (AvgIpc) is 3.07. The first kappa shape index (κ1) is 19.3. The fraction of sp³-hybridized carbons (Fsp3) is 0.235. The zero-order valence-electron chi connectivity index (χ0n) is 14.0. The summed E-state index contributed by atoms with van der Waals surface area (Å²) in [5, 5.41) is 6.53. The van der Waals surface area contributed by atoms with Gasteiger partial charge in [0.15, 0.2) is 0 Å². The lowest BCUT2D eigenvalue weighted by Gasteiger charge is -2.32. The van der Waals surface area contributed by atoms with Crippen LogP contribution in [0.5, 0.6) is 0 Å². The van der Waals surface area contributed by atoms with E-state index >= 15 is 0 Å². The van der Waals surface area contributed by atoms with Gasteiger partial charge in [-0.1, -0.05) is 25.1 Å². The van der Waals surface area contributed by atoms with E-state index in [9.17, 15) is 26.0 Å². The van der Waals surface area contributed by atoms with Gasteiger partial charge in [0.25, 0.3) is 0 Å². The molecule has 0 unspecified atom stereocenters. The van der Waals surface area contributed by atoms with Crippen LogP contribution < -0.4 is 0 Å². The van der Waals surface area contributed by atoms with Crippen molar-refractivity contribution in [1.29, 1.82) is 0 Å². The van der Waals surface area contributed by atoms with Gasteiger partial charge in [0, 0.05) is 11.9 Å². The second-order valence-electron chi connectivity index (χ2n) is 5.79. The molecule has 144 valence electrons. The first-order valence-electron chi connectivity index (χ1n) is 7.92. The molecule has 3 rings (SSSR count). The van der Waals surface area contributed by atoms with Crippen LogP contribution in [0.1, 0.15) is 18.5 Å². The van der Waals surface area contributed by atoms with Gasteiger partial charge in [0.2, 0.25) is 10.0 Å². The lowest BCUT2D eigenvalue weighted by atomic mass is 10.1. The Labute approximate surface area is 152 Å². The van der Waals surface area contributed by atoms with Crippen LogP contribution >= 0.6 is 0 Å². The van der Waals surface area contributed by atoms with Crippen LogP contribution in [0.2, 0.25) is 0 Å². The normalized spacial score (nSPS) is 14.0. The summed E-state index contributed by atoms with van der Waals surface area (Å²) >= 11 is 0. The Morgan fingerprint density at radius 2 is 1.81 bits per heavy atom.